The first-order valence-electron chi connectivity index (χ1n) is 6.49. The van der Waals surface area contributed by atoms with Gasteiger partial charge < -0.3 is 15.7 Å². The molecule has 1 amide bonds. The molecule has 0 aliphatic carbocycles. The second-order valence-electron chi connectivity index (χ2n) is 4.32. The zero-order valence-corrected chi connectivity index (χ0v) is 13.8. The number of carbonyl (C=O) groups is 2. The highest BCUT2D eigenvalue weighted by Gasteiger charge is 2.21. The number of nitrogens with one attached hydrogen (secondary N) is 2. The number of carboxylic acids is 1. The van der Waals surface area contributed by atoms with Crippen LogP contribution in [0.15, 0.2) is 30.1 Å². The van der Waals surface area contributed by atoms with Gasteiger partial charge in [0.2, 0.25) is 0 Å². The Morgan fingerprint density at radius 3 is 2.83 bits per heavy atom. The summed E-state index contributed by atoms with van der Waals surface area (Å²) in [5.41, 5.74) is -0.253. The Bertz CT molecular complexity index is 628. The van der Waals surface area contributed by atoms with E-state index in [4.69, 9.17) is 22.0 Å². The van der Waals surface area contributed by atoms with Crippen LogP contribution < -0.4 is 10.6 Å². The Kier molecular flexibility index (Phi) is 7.94. The first kappa shape index (κ1) is 18.8. The van der Waals surface area contributed by atoms with E-state index in [9.17, 15) is 9.59 Å². The zero-order chi connectivity index (χ0) is 17.2. The minimum atomic E-state index is -1.14. The molecule has 0 saturated carbocycles. The average Bonchev–Trinajstić information content (AvgIpc) is 2.53. The maximum absolute atomic E-state index is 12.0. The van der Waals surface area contributed by atoms with Crippen LogP contribution in [-0.2, 0) is 9.59 Å². The quantitative estimate of drug-likeness (QED) is 0.482. The molecule has 0 spiro atoms. The minimum Gasteiger partial charge on any atom is -0.480 e. The number of carboxylic acid groups (broad SMARTS) is 1. The zero-order valence-electron chi connectivity index (χ0n) is 12.2. The number of halogens is 1. The Morgan fingerprint density at radius 2 is 2.30 bits per heavy atom. The highest BCUT2D eigenvalue weighted by Crippen LogP contribution is 2.10. The molecule has 1 aromatic heterocycles. The number of anilines is 1. The largest absolute Gasteiger partial charge is 0.480 e. The molecule has 0 fully saturated rings. The number of carbonyl (C=O) groups excluding carboxylic acids is 1. The van der Waals surface area contributed by atoms with Crippen molar-refractivity contribution in [1.82, 2.24) is 10.3 Å². The summed E-state index contributed by atoms with van der Waals surface area (Å²) < 4.78 is 0. The summed E-state index contributed by atoms with van der Waals surface area (Å²) >= 11 is 7.17. The summed E-state index contributed by atoms with van der Waals surface area (Å²) in [4.78, 5) is 27.0. The molecular formula is C14H15ClN4O3S. The third kappa shape index (κ3) is 6.59. The number of aromatic nitrogens is 1. The van der Waals surface area contributed by atoms with Crippen molar-refractivity contribution in [2.45, 2.75) is 12.5 Å². The van der Waals surface area contributed by atoms with Gasteiger partial charge in [0.25, 0.3) is 5.91 Å². The molecule has 1 rings (SSSR count). The lowest BCUT2D eigenvalue weighted by Crippen LogP contribution is -2.41. The van der Waals surface area contributed by atoms with Crippen LogP contribution in [-0.4, -0.2) is 40.0 Å². The van der Waals surface area contributed by atoms with Gasteiger partial charge in [0, 0.05) is 12.4 Å². The lowest BCUT2D eigenvalue weighted by atomic mass is 10.2. The van der Waals surface area contributed by atoms with E-state index in [1.165, 1.54) is 24.2 Å². The summed E-state index contributed by atoms with van der Waals surface area (Å²) in [5, 5.41) is 23.6. The van der Waals surface area contributed by atoms with Crippen LogP contribution in [0.3, 0.4) is 0 Å². The minimum absolute atomic E-state index is 0.253. The van der Waals surface area contributed by atoms with Crippen molar-refractivity contribution in [3.05, 3.63) is 35.1 Å². The predicted molar refractivity (Wildman–Crippen MR) is 89.1 cm³/mol. The molecule has 122 valence electrons. The second kappa shape index (κ2) is 9.71. The molecule has 7 nitrogen and oxygen atoms in total. The van der Waals surface area contributed by atoms with Crippen LogP contribution in [0.1, 0.15) is 6.42 Å². The first-order chi connectivity index (χ1) is 11.0. The number of hydrogen-bond donors (Lipinski definition) is 3. The van der Waals surface area contributed by atoms with Gasteiger partial charge in [0.05, 0.1) is 5.02 Å². The number of aliphatic carboxylic acids is 1. The lowest BCUT2D eigenvalue weighted by Gasteiger charge is -2.13. The summed E-state index contributed by atoms with van der Waals surface area (Å²) in [5.74, 6) is -0.929. The molecule has 0 saturated heterocycles. The number of rotatable bonds is 8. The summed E-state index contributed by atoms with van der Waals surface area (Å²) in [7, 11) is 0. The third-order valence-corrected chi connectivity index (χ3v) is 3.54. The Hall–Kier alpha value is -2.24. The van der Waals surface area contributed by atoms with E-state index in [2.05, 4.69) is 15.6 Å². The van der Waals surface area contributed by atoms with Crippen molar-refractivity contribution in [3.63, 3.8) is 0 Å². The monoisotopic (exact) mass is 354 g/mol. The standard InChI is InChI=1S/C14H15ClN4O3S/c1-23-5-4-11(14(21)22)19-13(20)9(6-16)7-17-12-3-2-10(15)8-18-12/h2-3,7-8,11H,4-5H2,1H3,(H,17,18)(H,19,20)(H,21,22)/b9-7-. The fourth-order valence-electron chi connectivity index (χ4n) is 1.48. The van der Waals surface area contributed by atoms with E-state index < -0.39 is 17.9 Å². The van der Waals surface area contributed by atoms with E-state index in [1.807, 2.05) is 6.26 Å². The SMILES string of the molecule is CSCCC(NC(=O)/C(C#N)=C\Nc1ccc(Cl)cn1)C(=O)O. The van der Waals surface area contributed by atoms with Gasteiger partial charge in [-0.1, -0.05) is 11.6 Å². The van der Waals surface area contributed by atoms with Crippen molar-refractivity contribution in [2.75, 3.05) is 17.3 Å². The van der Waals surface area contributed by atoms with E-state index in [0.717, 1.165) is 0 Å². The highest BCUT2D eigenvalue weighted by atomic mass is 35.5. The fraction of sp³-hybridized carbons (Fsp3) is 0.286. The van der Waals surface area contributed by atoms with Crippen LogP contribution in [0.25, 0.3) is 0 Å². The maximum atomic E-state index is 12.0. The van der Waals surface area contributed by atoms with Gasteiger partial charge in [-0.25, -0.2) is 9.78 Å². The molecule has 1 aromatic rings. The molecule has 1 atom stereocenters. The highest BCUT2D eigenvalue weighted by molar-refractivity contribution is 7.98. The molecule has 0 aliphatic heterocycles. The maximum Gasteiger partial charge on any atom is 0.326 e. The van der Waals surface area contributed by atoms with E-state index in [0.29, 0.717) is 16.6 Å². The molecule has 0 bridgehead atoms. The Labute approximate surface area is 142 Å². The van der Waals surface area contributed by atoms with Crippen molar-refractivity contribution >= 4 is 41.1 Å². The van der Waals surface area contributed by atoms with Crippen LogP contribution in [0.5, 0.6) is 0 Å². The van der Waals surface area contributed by atoms with Crippen molar-refractivity contribution < 1.29 is 14.7 Å². The topological polar surface area (TPSA) is 115 Å². The number of amides is 1. The van der Waals surface area contributed by atoms with Crippen LogP contribution in [0.2, 0.25) is 5.02 Å². The first-order valence-corrected chi connectivity index (χ1v) is 8.26. The molecule has 23 heavy (non-hydrogen) atoms. The average molecular weight is 355 g/mol. The van der Waals surface area contributed by atoms with Gasteiger partial charge in [-0.2, -0.15) is 17.0 Å². The number of nitrogens with zero attached hydrogens (tertiary/aromatic N) is 2. The molecule has 0 radical (unpaired) electrons. The van der Waals surface area contributed by atoms with Gasteiger partial charge in [0.1, 0.15) is 23.5 Å². The summed E-state index contributed by atoms with van der Waals surface area (Å²) in [6, 6.07) is 3.85. The molecule has 0 aromatic carbocycles. The van der Waals surface area contributed by atoms with Crippen LogP contribution in [0, 0.1) is 11.3 Å². The number of thioether (sulfide) groups is 1. The lowest BCUT2D eigenvalue weighted by molar-refractivity contribution is -0.141. The Morgan fingerprint density at radius 1 is 1.57 bits per heavy atom. The van der Waals surface area contributed by atoms with Gasteiger partial charge in [-0.3, -0.25) is 4.79 Å². The van der Waals surface area contributed by atoms with Crippen LogP contribution in [0.4, 0.5) is 5.82 Å². The summed E-state index contributed by atoms with van der Waals surface area (Å²) in [6.45, 7) is 0. The van der Waals surface area contributed by atoms with Gasteiger partial charge >= 0.3 is 5.97 Å². The molecular weight excluding hydrogens is 340 g/mol. The third-order valence-electron chi connectivity index (χ3n) is 2.67. The van der Waals surface area contributed by atoms with Gasteiger partial charge in [-0.05, 0) is 30.6 Å². The van der Waals surface area contributed by atoms with E-state index in [1.54, 1.807) is 18.2 Å². The number of pyridine rings is 1. The molecule has 0 aliphatic rings. The van der Waals surface area contributed by atoms with Crippen molar-refractivity contribution in [1.29, 1.82) is 5.26 Å². The molecule has 9 heteroatoms. The second-order valence-corrected chi connectivity index (χ2v) is 5.74. The smallest absolute Gasteiger partial charge is 0.326 e. The van der Waals surface area contributed by atoms with Crippen molar-refractivity contribution in [3.8, 4) is 6.07 Å². The molecule has 1 heterocycles. The van der Waals surface area contributed by atoms with E-state index >= 15 is 0 Å². The normalized spacial score (nSPS) is 12.1. The molecule has 3 N–H and O–H groups in total. The predicted octanol–water partition coefficient (Wildman–Crippen LogP) is 1.88. The van der Waals surface area contributed by atoms with Crippen molar-refractivity contribution in [2.24, 2.45) is 0 Å². The number of nitriles is 1. The van der Waals surface area contributed by atoms with Gasteiger partial charge in [-0.15, -0.1) is 0 Å². The van der Waals surface area contributed by atoms with Crippen LogP contribution >= 0.6 is 23.4 Å². The van der Waals surface area contributed by atoms with E-state index in [-0.39, 0.29) is 12.0 Å². The Balaban J connectivity index is 2.73. The fourth-order valence-corrected chi connectivity index (χ4v) is 2.07. The number of hydrogen-bond acceptors (Lipinski definition) is 6. The van der Waals surface area contributed by atoms with Gasteiger partial charge in [0.15, 0.2) is 0 Å². The molecule has 1 unspecified atom stereocenters. The summed E-state index contributed by atoms with van der Waals surface area (Å²) in [6.07, 6.45) is 4.68.